The zero-order chi connectivity index (χ0) is 20.6. The first-order valence-electron chi connectivity index (χ1n) is 6.13. The van der Waals surface area contributed by atoms with E-state index in [0.717, 1.165) is 27.7 Å². The van der Waals surface area contributed by atoms with Crippen LogP contribution in [0.5, 0.6) is 0 Å². The van der Waals surface area contributed by atoms with Gasteiger partial charge in [0, 0.05) is 0 Å². The molecule has 4 atom stereocenters. The largest absolute Gasteiger partial charge is 2.00 e. The van der Waals surface area contributed by atoms with E-state index in [1.807, 2.05) is 0 Å². The van der Waals surface area contributed by atoms with Gasteiger partial charge in [-0.2, -0.15) is 0 Å². The Morgan fingerprint density at radius 2 is 0.538 bits per heavy atom. The molecule has 0 aromatic carbocycles. The summed E-state index contributed by atoms with van der Waals surface area (Å²) in [4.78, 5) is 37.4. The van der Waals surface area contributed by atoms with Gasteiger partial charge >= 0.3 is 75.5 Å². The Kier molecular flexibility index (Phi) is 39.6. The number of aliphatic carboxylic acids is 4. The molecule has 0 radical (unpaired) electrons. The molecule has 12 nitrogen and oxygen atoms in total. The standard InChI is InChI=1S/4C3H6O3.2Ca/c4*1-2(4)3(5)6;;/h4*2,4H,1H3,(H,5,6);;/q;;;;2*+2/p-4. The Hall–Kier alpha value is 0.239. The number of carbonyl (C=O) groups is 4. The summed E-state index contributed by atoms with van der Waals surface area (Å²) < 4.78 is 0. The van der Waals surface area contributed by atoms with Crippen molar-refractivity contribution < 1.29 is 60.0 Å². The van der Waals surface area contributed by atoms with Gasteiger partial charge in [-0.15, -0.1) is 0 Å². The molecule has 0 aromatic heterocycles. The summed E-state index contributed by atoms with van der Waals surface area (Å²) in [5, 5.41) is 69.2. The van der Waals surface area contributed by atoms with E-state index in [4.69, 9.17) is 20.4 Å². The van der Waals surface area contributed by atoms with Crippen LogP contribution >= 0.6 is 0 Å². The van der Waals surface area contributed by atoms with Crippen LogP contribution < -0.4 is 20.4 Å². The second-order valence-corrected chi connectivity index (χ2v) is 3.98. The average molecular weight is 436 g/mol. The molecule has 14 heteroatoms. The molecule has 0 saturated carbocycles. The van der Waals surface area contributed by atoms with E-state index in [1.165, 1.54) is 0 Å². The fourth-order valence-corrected chi connectivity index (χ4v) is 0. The Labute approximate surface area is 209 Å². The van der Waals surface area contributed by atoms with Gasteiger partial charge in [-0.05, 0) is 27.7 Å². The fraction of sp³-hybridized carbons (Fsp3) is 0.667. The Bertz CT molecular complexity index is 310. The molecular formula is C12H20Ca2O12. The summed E-state index contributed by atoms with van der Waals surface area (Å²) in [5.74, 6) is -5.74. The molecule has 0 fully saturated rings. The van der Waals surface area contributed by atoms with Crippen LogP contribution in [0.3, 0.4) is 0 Å². The van der Waals surface area contributed by atoms with Gasteiger partial charge in [-0.1, -0.05) is 0 Å². The number of aliphatic hydroxyl groups is 4. The van der Waals surface area contributed by atoms with Gasteiger partial charge in [0.25, 0.3) is 0 Å². The van der Waals surface area contributed by atoms with Crippen LogP contribution in [-0.4, -0.2) is 144 Å². The van der Waals surface area contributed by atoms with Crippen molar-refractivity contribution in [2.45, 2.75) is 52.1 Å². The minimum atomic E-state index is -1.44. The first-order chi connectivity index (χ1) is 10.6. The van der Waals surface area contributed by atoms with Crippen LogP contribution in [-0.2, 0) is 19.2 Å². The predicted octanol–water partition coefficient (Wildman–Crippen LogP) is -8.29. The van der Waals surface area contributed by atoms with Crippen molar-refractivity contribution in [3.8, 4) is 0 Å². The van der Waals surface area contributed by atoms with Gasteiger partial charge < -0.3 is 60.0 Å². The van der Waals surface area contributed by atoms with Gasteiger partial charge in [0.05, 0.1) is 48.3 Å². The zero-order valence-electron chi connectivity index (χ0n) is 14.8. The van der Waals surface area contributed by atoms with Crippen LogP contribution in [0.25, 0.3) is 0 Å². The van der Waals surface area contributed by atoms with E-state index < -0.39 is 48.3 Å². The topological polar surface area (TPSA) is 241 Å². The third-order valence-electron chi connectivity index (χ3n) is 1.36. The van der Waals surface area contributed by atoms with Gasteiger partial charge in [0.1, 0.15) is 0 Å². The first-order valence-corrected chi connectivity index (χ1v) is 6.13. The maximum absolute atomic E-state index is 9.34. The average Bonchev–Trinajstić information content (AvgIpc) is 2.40. The Morgan fingerprint density at radius 3 is 0.538 bits per heavy atom. The molecule has 0 aliphatic heterocycles. The van der Waals surface area contributed by atoms with E-state index in [9.17, 15) is 39.6 Å². The van der Waals surface area contributed by atoms with E-state index in [-0.39, 0.29) is 75.5 Å². The minimum absolute atomic E-state index is 0. The van der Waals surface area contributed by atoms with Crippen LogP contribution in [0.2, 0.25) is 0 Å². The van der Waals surface area contributed by atoms with Crippen molar-refractivity contribution in [3.05, 3.63) is 0 Å². The van der Waals surface area contributed by atoms with Crippen LogP contribution in [0, 0.1) is 0 Å². The Morgan fingerprint density at radius 1 is 0.500 bits per heavy atom. The third kappa shape index (κ3) is 49.6. The van der Waals surface area contributed by atoms with Crippen molar-refractivity contribution in [1.82, 2.24) is 0 Å². The monoisotopic (exact) mass is 436 g/mol. The predicted molar refractivity (Wildman–Crippen MR) is 78.3 cm³/mol. The summed E-state index contributed by atoms with van der Waals surface area (Å²) in [7, 11) is 0. The van der Waals surface area contributed by atoms with Gasteiger partial charge in [0.15, 0.2) is 0 Å². The quantitative estimate of drug-likeness (QED) is 0.300. The van der Waals surface area contributed by atoms with Gasteiger partial charge in [0.2, 0.25) is 0 Å². The molecule has 0 aliphatic rings. The summed E-state index contributed by atoms with van der Waals surface area (Å²) in [6.07, 6.45) is -5.37. The summed E-state index contributed by atoms with van der Waals surface area (Å²) >= 11 is 0. The van der Waals surface area contributed by atoms with Crippen molar-refractivity contribution in [1.29, 1.82) is 0 Å². The Balaban J connectivity index is -0.0000000500. The van der Waals surface area contributed by atoms with Crippen molar-refractivity contribution in [3.63, 3.8) is 0 Å². The first kappa shape index (κ1) is 40.8. The maximum atomic E-state index is 9.34. The molecule has 0 amide bonds. The smallest absolute Gasteiger partial charge is 0.547 e. The molecule has 0 aromatic rings. The number of carboxylic acids is 4. The van der Waals surface area contributed by atoms with Gasteiger partial charge in [-0.3, -0.25) is 0 Å². The van der Waals surface area contributed by atoms with Gasteiger partial charge in [-0.25, -0.2) is 0 Å². The number of aliphatic hydroxyl groups excluding tert-OH is 4. The number of carbonyl (C=O) groups excluding carboxylic acids is 4. The molecule has 0 saturated heterocycles. The van der Waals surface area contributed by atoms with Crippen molar-refractivity contribution in [2.75, 3.05) is 0 Å². The third-order valence-corrected chi connectivity index (χ3v) is 1.36. The fourth-order valence-electron chi connectivity index (χ4n) is 0. The molecule has 4 unspecified atom stereocenters. The number of hydrogen-bond donors (Lipinski definition) is 4. The van der Waals surface area contributed by atoms with E-state index in [0.29, 0.717) is 0 Å². The SMILES string of the molecule is CC(O)C(=O)[O-].CC(O)C(=O)[O-].CC(O)C(=O)[O-].CC(O)C(=O)[O-].[Ca+2].[Ca+2]. The molecule has 0 bridgehead atoms. The van der Waals surface area contributed by atoms with E-state index in [1.54, 1.807) is 0 Å². The van der Waals surface area contributed by atoms with Crippen LogP contribution in [0.15, 0.2) is 0 Å². The van der Waals surface area contributed by atoms with Crippen LogP contribution in [0.4, 0.5) is 0 Å². The normalized spacial score (nSPS) is 12.6. The second kappa shape index (κ2) is 25.2. The van der Waals surface area contributed by atoms with Crippen molar-refractivity contribution >= 4 is 99.4 Å². The number of carboxylic acid groups (broad SMARTS) is 4. The molecule has 0 spiro atoms. The number of hydrogen-bond acceptors (Lipinski definition) is 12. The molecule has 144 valence electrons. The molecular weight excluding hydrogens is 416 g/mol. The summed E-state index contributed by atoms with van der Waals surface area (Å²) in [6.45, 7) is 4.54. The molecule has 0 rings (SSSR count). The van der Waals surface area contributed by atoms with Crippen LogP contribution in [0.1, 0.15) is 27.7 Å². The minimum Gasteiger partial charge on any atom is -0.547 e. The molecule has 4 N–H and O–H groups in total. The summed E-state index contributed by atoms with van der Waals surface area (Å²) in [6, 6.07) is 0. The molecule has 0 heterocycles. The van der Waals surface area contributed by atoms with E-state index >= 15 is 0 Å². The van der Waals surface area contributed by atoms with E-state index in [2.05, 4.69) is 0 Å². The van der Waals surface area contributed by atoms with Crippen molar-refractivity contribution in [2.24, 2.45) is 0 Å². The second-order valence-electron chi connectivity index (χ2n) is 3.98. The molecule has 26 heavy (non-hydrogen) atoms. The zero-order valence-corrected chi connectivity index (χ0v) is 19.2. The maximum Gasteiger partial charge on any atom is 2.00 e. The summed E-state index contributed by atoms with van der Waals surface area (Å²) in [5.41, 5.74) is 0. The molecule has 0 aliphatic carbocycles. The number of rotatable bonds is 4.